The van der Waals surface area contributed by atoms with Crippen LogP contribution in [0.15, 0.2) is 36.4 Å². The van der Waals surface area contributed by atoms with Gasteiger partial charge in [0.15, 0.2) is 0 Å². The summed E-state index contributed by atoms with van der Waals surface area (Å²) in [5.41, 5.74) is -0.206. The third-order valence-electron chi connectivity index (χ3n) is 6.43. The summed E-state index contributed by atoms with van der Waals surface area (Å²) >= 11 is 0. The Morgan fingerprint density at radius 1 is 1.21 bits per heavy atom. The molecule has 4 rings (SSSR count). The van der Waals surface area contributed by atoms with Crippen LogP contribution in [0.1, 0.15) is 24.0 Å². The second kappa shape index (κ2) is 9.47. The number of fused-ring (bicyclic) bond motifs is 1. The standard InChI is InChI=1S/C24H27FN2O7/c1-33-16-4-2-15(3-5-16)12-27-21(29)9-6-17-19(8-7-18(25)22(17)27)34-14-24(32)10-11-26(23(30)31)13-20(24)28/h2-5,7-8,20,28,32H,6,9-14H2,1H3,(H,30,31)/t20-,24+/m1/s1. The number of carboxylic acid groups (broad SMARTS) is 1. The molecule has 10 heteroatoms. The number of halogens is 1. The molecule has 1 fully saturated rings. The summed E-state index contributed by atoms with van der Waals surface area (Å²) in [5.74, 6) is 0.210. The van der Waals surface area contributed by atoms with Crippen LogP contribution >= 0.6 is 0 Å². The number of aliphatic hydroxyl groups is 2. The molecule has 2 atom stereocenters. The van der Waals surface area contributed by atoms with Crippen molar-refractivity contribution in [3.05, 3.63) is 53.3 Å². The van der Waals surface area contributed by atoms with Crippen molar-refractivity contribution in [3.63, 3.8) is 0 Å². The van der Waals surface area contributed by atoms with E-state index in [2.05, 4.69) is 0 Å². The van der Waals surface area contributed by atoms with Crippen LogP contribution in [0.4, 0.5) is 14.9 Å². The van der Waals surface area contributed by atoms with Gasteiger partial charge in [0, 0.05) is 18.5 Å². The van der Waals surface area contributed by atoms with Crippen molar-refractivity contribution in [2.45, 2.75) is 37.5 Å². The Labute approximate surface area is 195 Å². The van der Waals surface area contributed by atoms with Crippen molar-refractivity contribution < 1.29 is 38.8 Å². The molecule has 0 unspecified atom stereocenters. The normalized spacial score (nSPS) is 22.4. The molecule has 2 aromatic carbocycles. The Morgan fingerprint density at radius 2 is 1.94 bits per heavy atom. The SMILES string of the molecule is COc1ccc(CN2C(=O)CCc3c(OC[C@@]4(O)CCN(C(=O)O)C[C@H]4O)ccc(F)c32)cc1. The smallest absolute Gasteiger partial charge is 0.407 e. The lowest BCUT2D eigenvalue weighted by molar-refractivity contribution is -0.132. The number of hydrogen-bond donors (Lipinski definition) is 3. The summed E-state index contributed by atoms with van der Waals surface area (Å²) in [6.45, 7) is -0.311. The minimum absolute atomic E-state index is 0.00800. The molecular formula is C24H27FN2O7. The molecule has 0 spiro atoms. The van der Waals surface area contributed by atoms with E-state index in [1.165, 1.54) is 17.0 Å². The summed E-state index contributed by atoms with van der Waals surface area (Å²) in [5, 5.41) is 30.3. The Morgan fingerprint density at radius 3 is 2.59 bits per heavy atom. The van der Waals surface area contributed by atoms with Gasteiger partial charge in [-0.2, -0.15) is 0 Å². The number of piperidine rings is 1. The monoisotopic (exact) mass is 474 g/mol. The fourth-order valence-electron chi connectivity index (χ4n) is 4.34. The number of rotatable bonds is 6. The van der Waals surface area contributed by atoms with E-state index in [1.807, 2.05) is 0 Å². The third-order valence-corrected chi connectivity index (χ3v) is 6.43. The molecule has 2 heterocycles. The van der Waals surface area contributed by atoms with Crippen LogP contribution in [0.2, 0.25) is 0 Å². The molecule has 2 aromatic rings. The maximum absolute atomic E-state index is 14.9. The summed E-state index contributed by atoms with van der Waals surface area (Å²) in [6.07, 6.45) is -2.07. The third kappa shape index (κ3) is 4.64. The first-order chi connectivity index (χ1) is 16.2. The van der Waals surface area contributed by atoms with E-state index in [4.69, 9.17) is 14.6 Å². The number of ether oxygens (including phenoxy) is 2. The van der Waals surface area contributed by atoms with Gasteiger partial charge in [0.05, 0.1) is 25.9 Å². The van der Waals surface area contributed by atoms with E-state index in [-0.39, 0.29) is 57.1 Å². The number of anilines is 1. The van der Waals surface area contributed by atoms with Crippen molar-refractivity contribution >= 4 is 17.7 Å². The zero-order valence-corrected chi connectivity index (χ0v) is 18.7. The minimum atomic E-state index is -1.65. The van der Waals surface area contributed by atoms with E-state index in [0.29, 0.717) is 17.1 Å². The highest BCUT2D eigenvalue weighted by atomic mass is 19.1. The van der Waals surface area contributed by atoms with Crippen molar-refractivity contribution in [2.24, 2.45) is 0 Å². The van der Waals surface area contributed by atoms with Gasteiger partial charge in [0.1, 0.15) is 35.6 Å². The average molecular weight is 474 g/mol. The van der Waals surface area contributed by atoms with E-state index < -0.39 is 23.6 Å². The molecule has 0 bridgehead atoms. The molecule has 1 saturated heterocycles. The predicted octanol–water partition coefficient (Wildman–Crippen LogP) is 2.17. The number of β-amino-alcohol motifs (C(OH)–C–C–N with tert-alkyl or cyclic N) is 1. The van der Waals surface area contributed by atoms with Gasteiger partial charge in [-0.25, -0.2) is 9.18 Å². The zero-order chi connectivity index (χ0) is 24.5. The quantitative estimate of drug-likeness (QED) is 0.587. The second-order valence-corrected chi connectivity index (χ2v) is 8.59. The Bertz CT molecular complexity index is 1080. The van der Waals surface area contributed by atoms with Crippen molar-refractivity contribution in [1.82, 2.24) is 4.90 Å². The summed E-state index contributed by atoms with van der Waals surface area (Å²) in [4.78, 5) is 26.2. The van der Waals surface area contributed by atoms with Crippen LogP contribution in [0, 0.1) is 5.82 Å². The molecule has 0 radical (unpaired) electrons. The molecule has 0 aromatic heterocycles. The first-order valence-electron chi connectivity index (χ1n) is 11.0. The van der Waals surface area contributed by atoms with Crippen LogP contribution in [-0.2, 0) is 17.8 Å². The lowest BCUT2D eigenvalue weighted by atomic mass is 9.89. The number of likely N-dealkylation sites (tertiary alicyclic amines) is 1. The maximum atomic E-state index is 14.9. The summed E-state index contributed by atoms with van der Waals surface area (Å²) < 4.78 is 25.9. The van der Waals surface area contributed by atoms with Gasteiger partial charge in [0.25, 0.3) is 0 Å². The van der Waals surface area contributed by atoms with E-state index in [9.17, 15) is 24.2 Å². The first-order valence-corrected chi connectivity index (χ1v) is 11.0. The lowest BCUT2D eigenvalue weighted by Gasteiger charge is -2.40. The minimum Gasteiger partial charge on any atom is -0.497 e. The number of carbonyl (C=O) groups is 2. The van der Waals surface area contributed by atoms with E-state index in [0.717, 1.165) is 10.5 Å². The molecular weight excluding hydrogens is 447 g/mol. The number of nitrogens with zero attached hydrogens (tertiary/aromatic N) is 2. The van der Waals surface area contributed by atoms with Gasteiger partial charge in [-0.15, -0.1) is 0 Å². The van der Waals surface area contributed by atoms with Crippen LogP contribution in [0.5, 0.6) is 11.5 Å². The van der Waals surface area contributed by atoms with Crippen LogP contribution < -0.4 is 14.4 Å². The average Bonchev–Trinajstić information content (AvgIpc) is 2.82. The number of carbonyl (C=O) groups excluding carboxylic acids is 1. The molecule has 34 heavy (non-hydrogen) atoms. The highest BCUT2D eigenvalue weighted by Crippen LogP contribution is 2.38. The number of amides is 2. The van der Waals surface area contributed by atoms with Gasteiger partial charge in [-0.05, 0) is 42.7 Å². The lowest BCUT2D eigenvalue weighted by Crippen LogP contribution is -2.59. The Balaban J connectivity index is 1.55. The largest absolute Gasteiger partial charge is 0.497 e. The van der Waals surface area contributed by atoms with E-state index >= 15 is 0 Å². The number of hydrogen-bond acceptors (Lipinski definition) is 6. The number of aliphatic hydroxyl groups excluding tert-OH is 1. The van der Waals surface area contributed by atoms with Crippen LogP contribution in [-0.4, -0.2) is 70.7 Å². The molecule has 9 nitrogen and oxygen atoms in total. The van der Waals surface area contributed by atoms with Crippen LogP contribution in [0.25, 0.3) is 0 Å². The van der Waals surface area contributed by atoms with E-state index in [1.54, 1.807) is 31.4 Å². The van der Waals surface area contributed by atoms with Gasteiger partial charge in [0.2, 0.25) is 5.91 Å². The molecule has 182 valence electrons. The van der Waals surface area contributed by atoms with Crippen LogP contribution in [0.3, 0.4) is 0 Å². The second-order valence-electron chi connectivity index (χ2n) is 8.59. The van der Waals surface area contributed by atoms with Gasteiger partial charge >= 0.3 is 6.09 Å². The summed E-state index contributed by atoms with van der Waals surface area (Å²) in [7, 11) is 1.56. The Hall–Kier alpha value is -3.37. The molecule has 3 N–H and O–H groups in total. The number of methoxy groups -OCH3 is 1. The molecule has 2 aliphatic heterocycles. The predicted molar refractivity (Wildman–Crippen MR) is 120 cm³/mol. The summed E-state index contributed by atoms with van der Waals surface area (Å²) in [6, 6.07) is 9.79. The fraction of sp³-hybridized carbons (Fsp3) is 0.417. The van der Waals surface area contributed by atoms with Crippen molar-refractivity contribution in [3.8, 4) is 11.5 Å². The Kier molecular flexibility index (Phi) is 6.63. The fourth-order valence-corrected chi connectivity index (χ4v) is 4.34. The van der Waals surface area contributed by atoms with Gasteiger partial charge < -0.3 is 34.6 Å². The maximum Gasteiger partial charge on any atom is 0.407 e. The first kappa shape index (κ1) is 23.8. The molecule has 0 aliphatic carbocycles. The highest BCUT2D eigenvalue weighted by Gasteiger charge is 2.43. The van der Waals surface area contributed by atoms with Crippen molar-refractivity contribution in [2.75, 3.05) is 31.7 Å². The zero-order valence-electron chi connectivity index (χ0n) is 18.7. The van der Waals surface area contributed by atoms with Gasteiger partial charge in [-0.1, -0.05) is 12.1 Å². The highest BCUT2D eigenvalue weighted by molar-refractivity contribution is 5.97. The topological polar surface area (TPSA) is 120 Å². The molecule has 0 saturated carbocycles. The van der Waals surface area contributed by atoms with Crippen molar-refractivity contribution in [1.29, 1.82) is 0 Å². The van der Waals surface area contributed by atoms with Gasteiger partial charge in [-0.3, -0.25) is 4.79 Å². The molecule has 2 aliphatic rings. The molecule has 2 amide bonds. The number of benzene rings is 2.